The van der Waals surface area contributed by atoms with Crippen LogP contribution in [0.3, 0.4) is 0 Å². The fourth-order valence-corrected chi connectivity index (χ4v) is 5.86. The SMILES string of the molecule is Cc1c(CC(=O)N2CC[C@@]3(O)CCCC[C@@H]3C2)c(=O)oc2cc(OCc3ccc(Br)cc3F)ccc12. The normalized spacial score (nSPS) is 21.9. The lowest BCUT2D eigenvalue weighted by Gasteiger charge is -2.47. The summed E-state index contributed by atoms with van der Waals surface area (Å²) >= 11 is 3.24. The Kier molecular flexibility index (Phi) is 6.92. The smallest absolute Gasteiger partial charge is 0.340 e. The van der Waals surface area contributed by atoms with Crippen molar-refractivity contribution in [2.45, 2.75) is 57.7 Å². The first-order valence-corrected chi connectivity index (χ1v) is 13.2. The maximum atomic E-state index is 14.1. The lowest BCUT2D eigenvalue weighted by molar-refractivity contribution is -0.142. The maximum absolute atomic E-state index is 14.1. The van der Waals surface area contributed by atoms with E-state index in [1.807, 2.05) is 6.92 Å². The molecule has 1 aliphatic heterocycles. The van der Waals surface area contributed by atoms with E-state index >= 15 is 0 Å². The number of halogens is 2. The first-order valence-electron chi connectivity index (χ1n) is 12.4. The van der Waals surface area contributed by atoms with E-state index < -0.39 is 11.2 Å². The molecular weight excluding hydrogens is 529 g/mol. The molecule has 1 N–H and O–H groups in total. The van der Waals surface area contributed by atoms with Crippen LogP contribution in [0.1, 0.15) is 48.8 Å². The molecule has 1 saturated heterocycles. The molecule has 3 aromatic rings. The minimum absolute atomic E-state index is 0.0314. The van der Waals surface area contributed by atoms with E-state index in [4.69, 9.17) is 9.15 Å². The van der Waals surface area contributed by atoms with Crippen molar-refractivity contribution in [1.82, 2.24) is 4.90 Å². The van der Waals surface area contributed by atoms with Crippen LogP contribution in [0.15, 0.2) is 50.1 Å². The van der Waals surface area contributed by atoms with Crippen molar-refractivity contribution in [2.75, 3.05) is 13.1 Å². The number of carbonyl (C=O) groups is 1. The monoisotopic (exact) mass is 557 g/mol. The highest BCUT2D eigenvalue weighted by molar-refractivity contribution is 9.10. The molecule has 2 heterocycles. The number of rotatable bonds is 5. The summed E-state index contributed by atoms with van der Waals surface area (Å²) in [6.07, 6.45) is 4.39. The van der Waals surface area contributed by atoms with Gasteiger partial charge >= 0.3 is 5.63 Å². The molecule has 8 heteroatoms. The number of benzene rings is 2. The van der Waals surface area contributed by atoms with Crippen LogP contribution in [-0.4, -0.2) is 34.6 Å². The topological polar surface area (TPSA) is 80.0 Å². The molecular formula is C28H29BrFNO5. The predicted octanol–water partition coefficient (Wildman–Crippen LogP) is 5.28. The van der Waals surface area contributed by atoms with Gasteiger partial charge in [-0.05, 0) is 56.0 Å². The summed E-state index contributed by atoms with van der Waals surface area (Å²) in [5, 5.41) is 11.6. The summed E-state index contributed by atoms with van der Waals surface area (Å²) in [7, 11) is 0. The third-order valence-electron chi connectivity index (χ3n) is 7.78. The van der Waals surface area contributed by atoms with Crippen molar-refractivity contribution in [3.8, 4) is 5.75 Å². The average molecular weight is 558 g/mol. The lowest BCUT2D eigenvalue weighted by Crippen LogP contribution is -2.55. The average Bonchev–Trinajstić information content (AvgIpc) is 2.85. The number of carbonyl (C=O) groups excluding carboxylic acids is 1. The van der Waals surface area contributed by atoms with Gasteiger partial charge in [-0.1, -0.05) is 34.8 Å². The zero-order chi connectivity index (χ0) is 25.4. The molecule has 1 amide bonds. The van der Waals surface area contributed by atoms with E-state index in [0.29, 0.717) is 52.0 Å². The molecule has 190 valence electrons. The molecule has 2 aliphatic rings. The number of amides is 1. The van der Waals surface area contributed by atoms with E-state index in [1.165, 1.54) is 6.07 Å². The molecule has 1 aliphatic carbocycles. The molecule has 1 aromatic heterocycles. The second-order valence-corrected chi connectivity index (χ2v) is 10.9. The van der Waals surface area contributed by atoms with Crippen LogP contribution in [0, 0.1) is 18.7 Å². The number of aryl methyl sites for hydroxylation is 1. The molecule has 36 heavy (non-hydrogen) atoms. The minimum atomic E-state index is -0.657. The van der Waals surface area contributed by atoms with Gasteiger partial charge in [0.05, 0.1) is 17.6 Å². The van der Waals surface area contributed by atoms with Crippen molar-refractivity contribution >= 4 is 32.8 Å². The second-order valence-electron chi connectivity index (χ2n) is 9.99. The van der Waals surface area contributed by atoms with Gasteiger partial charge in [-0.2, -0.15) is 0 Å². The van der Waals surface area contributed by atoms with Crippen molar-refractivity contribution in [2.24, 2.45) is 5.92 Å². The summed E-state index contributed by atoms with van der Waals surface area (Å²) in [6, 6.07) is 9.91. The Morgan fingerprint density at radius 1 is 1.25 bits per heavy atom. The summed E-state index contributed by atoms with van der Waals surface area (Å²) in [4.78, 5) is 27.7. The van der Waals surface area contributed by atoms with E-state index in [2.05, 4.69) is 15.9 Å². The minimum Gasteiger partial charge on any atom is -0.489 e. The van der Waals surface area contributed by atoms with Gasteiger partial charge in [-0.15, -0.1) is 0 Å². The van der Waals surface area contributed by atoms with Crippen LogP contribution in [0.4, 0.5) is 4.39 Å². The van der Waals surface area contributed by atoms with Crippen molar-refractivity contribution in [1.29, 1.82) is 0 Å². The molecule has 2 atom stereocenters. The summed E-state index contributed by atoms with van der Waals surface area (Å²) < 4.78 is 26.0. The number of hydrogen-bond acceptors (Lipinski definition) is 5. The van der Waals surface area contributed by atoms with Gasteiger partial charge in [-0.3, -0.25) is 4.79 Å². The quantitative estimate of drug-likeness (QED) is 0.432. The van der Waals surface area contributed by atoms with Gasteiger partial charge in [0, 0.05) is 40.5 Å². The molecule has 5 rings (SSSR count). The van der Waals surface area contributed by atoms with Crippen LogP contribution in [0.2, 0.25) is 0 Å². The molecule has 2 aromatic carbocycles. The molecule has 6 nitrogen and oxygen atoms in total. The maximum Gasteiger partial charge on any atom is 0.340 e. The number of piperidine rings is 1. The number of nitrogens with zero attached hydrogens (tertiary/aromatic N) is 1. The Bertz CT molecular complexity index is 1370. The summed E-state index contributed by atoms with van der Waals surface area (Å²) in [5.74, 6) is 0.0596. The largest absolute Gasteiger partial charge is 0.489 e. The van der Waals surface area contributed by atoms with Crippen LogP contribution in [0.25, 0.3) is 11.0 Å². The molecule has 2 fully saturated rings. The fourth-order valence-electron chi connectivity index (χ4n) is 5.53. The predicted molar refractivity (Wildman–Crippen MR) is 137 cm³/mol. The first kappa shape index (κ1) is 25.0. The molecule has 0 bridgehead atoms. The molecule has 0 radical (unpaired) electrons. The number of fused-ring (bicyclic) bond motifs is 2. The van der Waals surface area contributed by atoms with E-state index in [9.17, 15) is 19.1 Å². The number of ether oxygens (including phenoxy) is 1. The highest BCUT2D eigenvalue weighted by Crippen LogP contribution is 2.40. The van der Waals surface area contributed by atoms with Crippen LogP contribution in [0.5, 0.6) is 5.75 Å². The Morgan fingerprint density at radius 3 is 2.89 bits per heavy atom. The third-order valence-corrected chi connectivity index (χ3v) is 8.27. The highest BCUT2D eigenvalue weighted by atomic mass is 79.9. The van der Waals surface area contributed by atoms with Crippen molar-refractivity contribution < 1.29 is 23.4 Å². The third kappa shape index (κ3) is 4.93. The molecule has 1 saturated carbocycles. The zero-order valence-corrected chi connectivity index (χ0v) is 21.8. The van der Waals surface area contributed by atoms with E-state index in [1.54, 1.807) is 35.2 Å². The van der Waals surface area contributed by atoms with Gasteiger partial charge < -0.3 is 19.2 Å². The van der Waals surface area contributed by atoms with Gasteiger partial charge in [0.1, 0.15) is 23.8 Å². The van der Waals surface area contributed by atoms with Crippen molar-refractivity contribution in [3.63, 3.8) is 0 Å². The Balaban J connectivity index is 1.31. The Hall–Kier alpha value is -2.71. The van der Waals surface area contributed by atoms with E-state index in [-0.39, 0.29) is 30.7 Å². The summed E-state index contributed by atoms with van der Waals surface area (Å²) in [6.45, 7) is 2.89. The van der Waals surface area contributed by atoms with Gasteiger partial charge in [0.2, 0.25) is 5.91 Å². The first-order chi connectivity index (χ1) is 17.2. The van der Waals surface area contributed by atoms with Gasteiger partial charge in [0.15, 0.2) is 0 Å². The Labute approximate surface area is 217 Å². The number of aliphatic hydroxyl groups is 1. The standard InChI is InChI=1S/C28H29BrFNO5/c1-17-22-8-7-21(35-16-18-5-6-20(29)12-24(18)30)13-25(22)36-27(33)23(17)14-26(32)31-11-10-28(34)9-3-2-4-19(28)15-31/h5-8,12-13,19,34H,2-4,9-11,14-16H2,1H3/t19-,28+/m1/s1. The van der Waals surface area contributed by atoms with Gasteiger partial charge in [0.25, 0.3) is 0 Å². The molecule has 0 unspecified atom stereocenters. The van der Waals surface area contributed by atoms with Gasteiger partial charge in [-0.25, -0.2) is 9.18 Å². The zero-order valence-electron chi connectivity index (χ0n) is 20.2. The summed E-state index contributed by atoms with van der Waals surface area (Å²) in [5.41, 5.74) is 0.613. The van der Waals surface area contributed by atoms with Crippen LogP contribution < -0.4 is 10.4 Å². The second kappa shape index (κ2) is 9.98. The number of likely N-dealkylation sites (tertiary alicyclic amines) is 1. The Morgan fingerprint density at radius 2 is 2.08 bits per heavy atom. The lowest BCUT2D eigenvalue weighted by atomic mass is 9.71. The van der Waals surface area contributed by atoms with Crippen LogP contribution >= 0.6 is 15.9 Å². The fraction of sp³-hybridized carbons (Fsp3) is 0.429. The molecule has 0 spiro atoms. The van der Waals surface area contributed by atoms with Crippen LogP contribution in [-0.2, 0) is 17.8 Å². The van der Waals surface area contributed by atoms with E-state index in [0.717, 1.165) is 31.1 Å². The highest BCUT2D eigenvalue weighted by Gasteiger charge is 2.43. The van der Waals surface area contributed by atoms with Crippen molar-refractivity contribution in [3.05, 3.63) is 73.8 Å². The number of hydrogen-bond donors (Lipinski definition) is 1.